The first kappa shape index (κ1) is 13.1. The fourth-order valence-corrected chi connectivity index (χ4v) is 2.84. The van der Waals surface area contributed by atoms with Crippen molar-refractivity contribution in [2.24, 2.45) is 0 Å². The van der Waals surface area contributed by atoms with E-state index in [0.717, 1.165) is 25.3 Å². The molecule has 0 fully saturated rings. The van der Waals surface area contributed by atoms with Crippen LogP contribution >= 0.6 is 0 Å². The van der Waals surface area contributed by atoms with Gasteiger partial charge in [0.05, 0.1) is 5.69 Å². The molecule has 0 aliphatic carbocycles. The Kier molecular flexibility index (Phi) is 3.40. The molecule has 0 spiro atoms. The van der Waals surface area contributed by atoms with Crippen molar-refractivity contribution in [1.29, 1.82) is 0 Å². The van der Waals surface area contributed by atoms with Gasteiger partial charge in [-0.15, -0.1) is 0 Å². The van der Waals surface area contributed by atoms with Crippen molar-refractivity contribution in [3.05, 3.63) is 46.9 Å². The molecule has 0 amide bonds. The summed E-state index contributed by atoms with van der Waals surface area (Å²) in [7, 11) is 2.08. The molecule has 0 radical (unpaired) electrons. The zero-order chi connectivity index (χ0) is 14.1. The van der Waals surface area contributed by atoms with Crippen molar-refractivity contribution >= 4 is 11.5 Å². The largest absolute Gasteiger partial charge is 0.329 e. The SMILES string of the molecule is Cc1ccc(N(C)c2ncnc3c2CNCC3)c(C)c1. The molecule has 1 aromatic heterocycles. The van der Waals surface area contributed by atoms with Crippen LogP contribution in [-0.4, -0.2) is 23.6 Å². The number of hydrogen-bond donors (Lipinski definition) is 1. The number of aromatic nitrogens is 2. The minimum atomic E-state index is 0.848. The zero-order valence-corrected chi connectivity index (χ0v) is 12.3. The summed E-state index contributed by atoms with van der Waals surface area (Å²) >= 11 is 0. The van der Waals surface area contributed by atoms with Gasteiger partial charge in [0.25, 0.3) is 0 Å². The molecule has 4 heteroatoms. The maximum Gasteiger partial charge on any atom is 0.140 e. The van der Waals surface area contributed by atoms with E-state index in [1.165, 1.54) is 28.1 Å². The minimum absolute atomic E-state index is 0.848. The zero-order valence-electron chi connectivity index (χ0n) is 12.3. The van der Waals surface area contributed by atoms with Crippen LogP contribution in [0.1, 0.15) is 22.4 Å². The molecule has 20 heavy (non-hydrogen) atoms. The predicted octanol–water partition coefficient (Wildman–Crippen LogP) is 2.51. The lowest BCUT2D eigenvalue weighted by molar-refractivity contribution is 0.625. The highest BCUT2D eigenvalue weighted by atomic mass is 15.2. The highest BCUT2D eigenvalue weighted by molar-refractivity contribution is 5.66. The van der Waals surface area contributed by atoms with Gasteiger partial charge in [-0.1, -0.05) is 17.7 Å². The van der Waals surface area contributed by atoms with Gasteiger partial charge < -0.3 is 10.2 Å². The Balaban J connectivity index is 2.04. The molecule has 0 unspecified atom stereocenters. The van der Waals surface area contributed by atoms with E-state index in [9.17, 15) is 0 Å². The average Bonchev–Trinajstić information content (AvgIpc) is 2.46. The van der Waals surface area contributed by atoms with E-state index in [-0.39, 0.29) is 0 Å². The molecule has 0 saturated heterocycles. The molecule has 2 aromatic rings. The van der Waals surface area contributed by atoms with E-state index < -0.39 is 0 Å². The fourth-order valence-electron chi connectivity index (χ4n) is 2.84. The second-order valence-corrected chi connectivity index (χ2v) is 5.40. The molecule has 2 heterocycles. The van der Waals surface area contributed by atoms with Crippen molar-refractivity contribution in [3.63, 3.8) is 0 Å². The molecule has 104 valence electrons. The lowest BCUT2D eigenvalue weighted by Crippen LogP contribution is -2.27. The number of nitrogens with zero attached hydrogens (tertiary/aromatic N) is 3. The van der Waals surface area contributed by atoms with Crippen LogP contribution < -0.4 is 10.2 Å². The molecule has 0 saturated carbocycles. The standard InChI is InChI=1S/C16H20N4/c1-11-4-5-15(12(2)8-11)20(3)16-13-9-17-7-6-14(13)18-10-19-16/h4-5,8,10,17H,6-7,9H2,1-3H3. The van der Waals surface area contributed by atoms with E-state index in [4.69, 9.17) is 0 Å². The van der Waals surface area contributed by atoms with Crippen molar-refractivity contribution in [2.75, 3.05) is 18.5 Å². The van der Waals surface area contributed by atoms with Crippen LogP contribution in [0.4, 0.5) is 11.5 Å². The number of rotatable bonds is 2. The first-order chi connectivity index (χ1) is 9.66. The van der Waals surface area contributed by atoms with Gasteiger partial charge in [-0.05, 0) is 25.5 Å². The lowest BCUT2D eigenvalue weighted by atomic mass is 10.1. The highest BCUT2D eigenvalue weighted by Gasteiger charge is 2.19. The second kappa shape index (κ2) is 5.21. The third-order valence-electron chi connectivity index (χ3n) is 3.88. The van der Waals surface area contributed by atoms with Crippen molar-refractivity contribution in [3.8, 4) is 0 Å². The minimum Gasteiger partial charge on any atom is -0.329 e. The van der Waals surface area contributed by atoms with Gasteiger partial charge in [-0.25, -0.2) is 9.97 Å². The molecule has 0 bridgehead atoms. The first-order valence-corrected chi connectivity index (χ1v) is 7.01. The van der Waals surface area contributed by atoms with E-state index in [1.54, 1.807) is 6.33 Å². The quantitative estimate of drug-likeness (QED) is 0.908. The van der Waals surface area contributed by atoms with E-state index >= 15 is 0 Å². The van der Waals surface area contributed by atoms with Crippen LogP contribution in [0, 0.1) is 13.8 Å². The van der Waals surface area contributed by atoms with Gasteiger partial charge in [0.1, 0.15) is 12.1 Å². The molecule has 3 rings (SSSR count). The Hall–Kier alpha value is -1.94. The van der Waals surface area contributed by atoms with E-state index in [0.29, 0.717) is 0 Å². The van der Waals surface area contributed by atoms with Crippen LogP contribution in [-0.2, 0) is 13.0 Å². The molecule has 1 aliphatic rings. The number of hydrogen-bond acceptors (Lipinski definition) is 4. The number of nitrogens with one attached hydrogen (secondary N) is 1. The van der Waals surface area contributed by atoms with Crippen molar-refractivity contribution in [1.82, 2.24) is 15.3 Å². The maximum atomic E-state index is 4.51. The van der Waals surface area contributed by atoms with Gasteiger partial charge in [-0.3, -0.25) is 0 Å². The number of benzene rings is 1. The molecule has 1 N–H and O–H groups in total. The summed E-state index contributed by atoms with van der Waals surface area (Å²) in [6, 6.07) is 6.51. The fraction of sp³-hybridized carbons (Fsp3) is 0.375. The maximum absolute atomic E-state index is 4.51. The van der Waals surface area contributed by atoms with Gasteiger partial charge in [0, 0.05) is 37.8 Å². The number of fused-ring (bicyclic) bond motifs is 1. The summed E-state index contributed by atoms with van der Waals surface area (Å²) in [5, 5.41) is 3.40. The van der Waals surface area contributed by atoms with E-state index in [2.05, 4.69) is 59.3 Å². The summed E-state index contributed by atoms with van der Waals surface area (Å²) in [4.78, 5) is 11.1. The van der Waals surface area contributed by atoms with Crippen LogP contribution in [0.3, 0.4) is 0 Å². The van der Waals surface area contributed by atoms with Gasteiger partial charge in [0.15, 0.2) is 0 Å². The summed E-state index contributed by atoms with van der Waals surface area (Å²) < 4.78 is 0. The summed E-state index contributed by atoms with van der Waals surface area (Å²) in [5.41, 5.74) is 6.14. The normalized spacial score (nSPS) is 13.9. The van der Waals surface area contributed by atoms with Crippen LogP contribution in [0.15, 0.2) is 24.5 Å². The molecule has 1 aliphatic heterocycles. The van der Waals surface area contributed by atoms with Crippen LogP contribution in [0.25, 0.3) is 0 Å². The van der Waals surface area contributed by atoms with Crippen molar-refractivity contribution in [2.45, 2.75) is 26.8 Å². The smallest absolute Gasteiger partial charge is 0.140 e. The summed E-state index contributed by atoms with van der Waals surface area (Å²) in [6.07, 6.45) is 2.66. The van der Waals surface area contributed by atoms with Crippen molar-refractivity contribution < 1.29 is 0 Å². The second-order valence-electron chi connectivity index (χ2n) is 5.40. The van der Waals surface area contributed by atoms with E-state index in [1.807, 2.05) is 0 Å². The molecule has 0 atom stereocenters. The van der Waals surface area contributed by atoms with Crippen LogP contribution in [0.2, 0.25) is 0 Å². The number of aryl methyl sites for hydroxylation is 2. The first-order valence-electron chi connectivity index (χ1n) is 7.01. The Morgan fingerprint density at radius 3 is 2.85 bits per heavy atom. The Bertz CT molecular complexity index is 636. The van der Waals surface area contributed by atoms with Crippen LogP contribution in [0.5, 0.6) is 0 Å². The summed E-state index contributed by atoms with van der Waals surface area (Å²) in [6.45, 7) is 6.11. The van der Waals surface area contributed by atoms with Gasteiger partial charge >= 0.3 is 0 Å². The Morgan fingerprint density at radius 1 is 1.20 bits per heavy atom. The average molecular weight is 268 g/mol. The third kappa shape index (κ3) is 2.27. The molecular weight excluding hydrogens is 248 g/mol. The monoisotopic (exact) mass is 268 g/mol. The Morgan fingerprint density at radius 2 is 2.05 bits per heavy atom. The molecule has 4 nitrogen and oxygen atoms in total. The number of anilines is 2. The highest BCUT2D eigenvalue weighted by Crippen LogP contribution is 2.30. The lowest BCUT2D eigenvalue weighted by Gasteiger charge is -2.26. The van der Waals surface area contributed by atoms with Gasteiger partial charge in [0.2, 0.25) is 0 Å². The third-order valence-corrected chi connectivity index (χ3v) is 3.88. The molecular formula is C16H20N4. The summed E-state index contributed by atoms with van der Waals surface area (Å²) in [5.74, 6) is 1.01. The van der Waals surface area contributed by atoms with Gasteiger partial charge in [-0.2, -0.15) is 0 Å². The topological polar surface area (TPSA) is 41.1 Å². The predicted molar refractivity (Wildman–Crippen MR) is 81.4 cm³/mol. The molecule has 1 aromatic carbocycles. The Labute approximate surface area is 119 Å².